The van der Waals surface area contributed by atoms with Crippen molar-refractivity contribution in [2.75, 3.05) is 20.0 Å². The SMILES string of the molecule is CCCCC(N)(CC)CSc1cc(OC)c(OC)cc1C(=O)c1ccccc1. The van der Waals surface area contributed by atoms with Crippen molar-refractivity contribution in [1.82, 2.24) is 0 Å². The molecule has 0 spiro atoms. The fourth-order valence-corrected chi connectivity index (χ4v) is 4.29. The smallest absolute Gasteiger partial charge is 0.194 e. The van der Waals surface area contributed by atoms with Crippen molar-refractivity contribution in [3.8, 4) is 11.5 Å². The molecule has 4 nitrogen and oxygen atoms in total. The molecule has 0 amide bonds. The third-order valence-corrected chi connectivity index (χ3v) is 6.38. The summed E-state index contributed by atoms with van der Waals surface area (Å²) in [5.41, 5.74) is 7.65. The highest BCUT2D eigenvalue weighted by Gasteiger charge is 2.25. The van der Waals surface area contributed by atoms with Crippen LogP contribution in [-0.2, 0) is 0 Å². The summed E-state index contributed by atoms with van der Waals surface area (Å²) in [4.78, 5) is 14.0. The molecular weight excluding hydrogens is 370 g/mol. The zero-order chi connectivity index (χ0) is 20.6. The molecule has 0 heterocycles. The average Bonchev–Trinajstić information content (AvgIpc) is 2.75. The third-order valence-electron chi connectivity index (χ3n) is 5.01. The number of hydrogen-bond donors (Lipinski definition) is 1. The van der Waals surface area contributed by atoms with Crippen LogP contribution in [-0.4, -0.2) is 31.3 Å². The minimum Gasteiger partial charge on any atom is -0.493 e. The van der Waals surface area contributed by atoms with E-state index in [1.807, 2.05) is 36.4 Å². The van der Waals surface area contributed by atoms with Gasteiger partial charge in [-0.25, -0.2) is 0 Å². The van der Waals surface area contributed by atoms with Crippen LogP contribution in [0.4, 0.5) is 0 Å². The molecule has 28 heavy (non-hydrogen) atoms. The molecule has 1 atom stereocenters. The van der Waals surface area contributed by atoms with Crippen molar-refractivity contribution in [1.29, 1.82) is 0 Å². The van der Waals surface area contributed by atoms with E-state index in [1.54, 1.807) is 32.0 Å². The Bertz CT molecular complexity index is 779. The van der Waals surface area contributed by atoms with E-state index in [2.05, 4.69) is 13.8 Å². The fourth-order valence-electron chi connectivity index (χ4n) is 3.00. The zero-order valence-electron chi connectivity index (χ0n) is 17.3. The van der Waals surface area contributed by atoms with Crippen LogP contribution < -0.4 is 15.2 Å². The van der Waals surface area contributed by atoms with Crippen molar-refractivity contribution in [2.45, 2.75) is 50.0 Å². The normalized spacial score (nSPS) is 13.0. The quantitative estimate of drug-likeness (QED) is 0.408. The van der Waals surface area contributed by atoms with Gasteiger partial charge in [-0.15, -0.1) is 11.8 Å². The predicted molar refractivity (Wildman–Crippen MR) is 117 cm³/mol. The zero-order valence-corrected chi connectivity index (χ0v) is 18.1. The first-order chi connectivity index (χ1) is 13.5. The van der Waals surface area contributed by atoms with Crippen LogP contribution in [0.15, 0.2) is 47.4 Å². The average molecular weight is 402 g/mol. The van der Waals surface area contributed by atoms with Gasteiger partial charge in [-0.3, -0.25) is 4.79 Å². The van der Waals surface area contributed by atoms with E-state index >= 15 is 0 Å². The number of unbranched alkanes of at least 4 members (excludes halogenated alkanes) is 1. The molecule has 0 saturated heterocycles. The number of thioether (sulfide) groups is 1. The Labute approximate surface area is 172 Å². The lowest BCUT2D eigenvalue weighted by Gasteiger charge is -2.28. The summed E-state index contributed by atoms with van der Waals surface area (Å²) in [6.07, 6.45) is 4.10. The van der Waals surface area contributed by atoms with Crippen LogP contribution in [0.25, 0.3) is 0 Å². The van der Waals surface area contributed by atoms with Gasteiger partial charge in [-0.1, -0.05) is 57.0 Å². The van der Waals surface area contributed by atoms with Gasteiger partial charge in [0.2, 0.25) is 0 Å². The molecule has 1 unspecified atom stereocenters. The Balaban J connectivity index is 2.39. The molecule has 2 rings (SSSR count). The molecule has 152 valence electrons. The first-order valence-electron chi connectivity index (χ1n) is 9.75. The monoisotopic (exact) mass is 401 g/mol. The molecule has 0 saturated carbocycles. The van der Waals surface area contributed by atoms with Gasteiger partial charge >= 0.3 is 0 Å². The maximum atomic E-state index is 13.2. The van der Waals surface area contributed by atoms with Crippen LogP contribution in [0.3, 0.4) is 0 Å². The second-order valence-corrected chi connectivity index (χ2v) is 8.02. The van der Waals surface area contributed by atoms with Gasteiger partial charge in [0.15, 0.2) is 17.3 Å². The molecule has 0 aromatic heterocycles. The first kappa shape index (κ1) is 22.3. The lowest BCUT2D eigenvalue weighted by Crippen LogP contribution is -2.41. The van der Waals surface area contributed by atoms with E-state index in [4.69, 9.17) is 15.2 Å². The molecule has 0 bridgehead atoms. The predicted octanol–water partition coefficient (Wildman–Crippen LogP) is 5.32. The fraction of sp³-hybridized carbons (Fsp3) is 0.435. The van der Waals surface area contributed by atoms with E-state index < -0.39 is 0 Å². The molecule has 0 aliphatic carbocycles. The molecule has 2 aromatic carbocycles. The number of benzene rings is 2. The maximum absolute atomic E-state index is 13.2. The van der Waals surface area contributed by atoms with Crippen LogP contribution in [0, 0.1) is 0 Å². The van der Waals surface area contributed by atoms with Gasteiger partial charge in [0.1, 0.15) is 0 Å². The Morgan fingerprint density at radius 1 is 1.07 bits per heavy atom. The standard InChI is InChI=1S/C23H31NO3S/c1-5-7-13-23(24,6-2)16-28-21-15-20(27-4)19(26-3)14-18(21)22(25)17-11-9-8-10-12-17/h8-12,14-15H,5-7,13,16,24H2,1-4H3. The summed E-state index contributed by atoms with van der Waals surface area (Å²) < 4.78 is 10.9. The summed E-state index contributed by atoms with van der Waals surface area (Å²) in [6.45, 7) is 4.30. The number of carbonyl (C=O) groups excluding carboxylic acids is 1. The molecule has 0 radical (unpaired) electrons. The van der Waals surface area contributed by atoms with Crippen LogP contribution >= 0.6 is 11.8 Å². The van der Waals surface area contributed by atoms with E-state index in [-0.39, 0.29) is 11.3 Å². The highest BCUT2D eigenvalue weighted by Crippen LogP contribution is 2.38. The number of hydrogen-bond acceptors (Lipinski definition) is 5. The minimum absolute atomic E-state index is 0.0308. The number of nitrogens with two attached hydrogens (primary N) is 1. The number of rotatable bonds is 11. The Hall–Kier alpha value is -1.98. The van der Waals surface area contributed by atoms with Crippen LogP contribution in [0.2, 0.25) is 0 Å². The van der Waals surface area contributed by atoms with E-state index in [0.29, 0.717) is 22.6 Å². The molecular formula is C23H31NO3S. The summed E-state index contributed by atoms with van der Waals surface area (Å²) in [6, 6.07) is 12.9. The largest absolute Gasteiger partial charge is 0.493 e. The second-order valence-electron chi connectivity index (χ2n) is 7.01. The van der Waals surface area contributed by atoms with Gasteiger partial charge < -0.3 is 15.2 Å². The topological polar surface area (TPSA) is 61.6 Å². The highest BCUT2D eigenvalue weighted by atomic mass is 32.2. The number of ketones is 1. The lowest BCUT2D eigenvalue weighted by atomic mass is 9.93. The van der Waals surface area contributed by atoms with E-state index in [1.165, 1.54) is 0 Å². The van der Waals surface area contributed by atoms with Crippen molar-refractivity contribution >= 4 is 17.5 Å². The Morgan fingerprint density at radius 2 is 1.71 bits per heavy atom. The first-order valence-corrected chi connectivity index (χ1v) is 10.7. The van der Waals surface area contributed by atoms with Crippen LogP contribution in [0.5, 0.6) is 11.5 Å². The van der Waals surface area contributed by atoms with Crippen LogP contribution in [0.1, 0.15) is 55.5 Å². The van der Waals surface area contributed by atoms with Gasteiger partial charge in [-0.2, -0.15) is 0 Å². The lowest BCUT2D eigenvalue weighted by molar-refractivity contribution is 0.103. The summed E-state index contributed by atoms with van der Waals surface area (Å²) in [5, 5.41) is 0. The Kier molecular flexibility index (Phi) is 8.39. The van der Waals surface area contributed by atoms with Crippen molar-refractivity contribution in [3.05, 3.63) is 53.6 Å². The van der Waals surface area contributed by atoms with Gasteiger partial charge in [0.25, 0.3) is 0 Å². The summed E-state index contributed by atoms with van der Waals surface area (Å²) in [5.74, 6) is 1.87. The molecule has 0 aliphatic rings. The van der Waals surface area contributed by atoms with Gasteiger partial charge in [0, 0.05) is 27.3 Å². The molecule has 5 heteroatoms. The summed E-state index contributed by atoms with van der Waals surface area (Å²) >= 11 is 1.62. The second kappa shape index (κ2) is 10.5. The maximum Gasteiger partial charge on any atom is 0.194 e. The van der Waals surface area contributed by atoms with Gasteiger partial charge in [-0.05, 0) is 25.0 Å². The van der Waals surface area contributed by atoms with Gasteiger partial charge in [0.05, 0.1) is 14.2 Å². The van der Waals surface area contributed by atoms with E-state index in [0.717, 1.165) is 36.3 Å². The van der Waals surface area contributed by atoms with Crippen molar-refractivity contribution in [3.63, 3.8) is 0 Å². The number of carbonyl (C=O) groups is 1. The van der Waals surface area contributed by atoms with E-state index in [9.17, 15) is 4.79 Å². The Morgan fingerprint density at radius 3 is 2.29 bits per heavy atom. The minimum atomic E-state index is -0.249. The molecule has 2 aromatic rings. The molecule has 2 N–H and O–H groups in total. The van der Waals surface area contributed by atoms with Crippen molar-refractivity contribution in [2.24, 2.45) is 5.73 Å². The number of ether oxygens (including phenoxy) is 2. The molecule has 0 fully saturated rings. The molecule has 0 aliphatic heterocycles. The summed E-state index contributed by atoms with van der Waals surface area (Å²) in [7, 11) is 3.18. The van der Waals surface area contributed by atoms with Crippen molar-refractivity contribution < 1.29 is 14.3 Å². The third kappa shape index (κ3) is 5.52. The highest BCUT2D eigenvalue weighted by molar-refractivity contribution is 7.99. The number of methoxy groups -OCH3 is 2.